The third-order valence-electron chi connectivity index (χ3n) is 8.36. The Labute approximate surface area is 235 Å². The summed E-state index contributed by atoms with van der Waals surface area (Å²) in [6, 6.07) is 50.9. The fraction of sp³-hybridized carbons (Fsp3) is 0. The molecule has 0 aliphatic heterocycles. The SMILES string of the molecule is c1ccc(-c2ccc(-n3c4ccccc4c4c5sc6ccccc6c5c5c6ccccc6ccc5c43)cc2)cc1. The molecule has 0 saturated carbocycles. The first-order chi connectivity index (χ1) is 19.9. The van der Waals surface area contributed by atoms with Crippen molar-refractivity contribution in [2.24, 2.45) is 0 Å². The number of fused-ring (bicyclic) bond motifs is 12. The predicted molar refractivity (Wildman–Crippen MR) is 174 cm³/mol. The highest BCUT2D eigenvalue weighted by Crippen LogP contribution is 2.49. The first kappa shape index (κ1) is 22.0. The van der Waals surface area contributed by atoms with Crippen molar-refractivity contribution in [3.63, 3.8) is 0 Å². The van der Waals surface area contributed by atoms with Crippen LogP contribution in [0.2, 0.25) is 0 Å². The van der Waals surface area contributed by atoms with Gasteiger partial charge in [-0.2, -0.15) is 0 Å². The number of hydrogen-bond acceptors (Lipinski definition) is 1. The van der Waals surface area contributed by atoms with Crippen LogP contribution in [0.15, 0.2) is 140 Å². The number of nitrogens with zero attached hydrogens (tertiary/aromatic N) is 1. The summed E-state index contributed by atoms with van der Waals surface area (Å²) in [6.45, 7) is 0. The minimum atomic E-state index is 1.18. The second-order valence-corrected chi connectivity index (χ2v) is 11.6. The Morgan fingerprint density at radius 2 is 1.10 bits per heavy atom. The standard InChI is InChI=1S/C38H23NS/c1-2-10-24(11-3-1)25-18-21-27(22-19-25)39-32-16-8-6-14-29(32)36-37(39)31-23-20-26-12-4-5-13-28(26)34(31)35-30-15-7-9-17-33(30)40-38(35)36/h1-23H. The highest BCUT2D eigenvalue weighted by atomic mass is 32.1. The summed E-state index contributed by atoms with van der Waals surface area (Å²) >= 11 is 1.92. The van der Waals surface area contributed by atoms with Crippen molar-refractivity contribution in [3.05, 3.63) is 140 Å². The molecule has 0 saturated heterocycles. The number of hydrogen-bond donors (Lipinski definition) is 0. The van der Waals surface area contributed by atoms with E-state index in [4.69, 9.17) is 0 Å². The summed E-state index contributed by atoms with van der Waals surface area (Å²) in [4.78, 5) is 0. The molecule has 2 aromatic heterocycles. The summed E-state index contributed by atoms with van der Waals surface area (Å²) < 4.78 is 5.19. The molecule has 9 aromatic rings. The van der Waals surface area contributed by atoms with E-state index in [1.54, 1.807) is 0 Å². The van der Waals surface area contributed by atoms with Crippen molar-refractivity contribution in [3.8, 4) is 16.8 Å². The van der Waals surface area contributed by atoms with Gasteiger partial charge in [0.1, 0.15) is 0 Å². The van der Waals surface area contributed by atoms with Gasteiger partial charge in [-0.15, -0.1) is 11.3 Å². The van der Waals surface area contributed by atoms with E-state index in [-0.39, 0.29) is 0 Å². The maximum absolute atomic E-state index is 2.49. The van der Waals surface area contributed by atoms with E-state index in [1.807, 2.05) is 11.3 Å². The van der Waals surface area contributed by atoms with E-state index in [2.05, 4.69) is 144 Å². The van der Waals surface area contributed by atoms with Gasteiger partial charge in [0.15, 0.2) is 0 Å². The second-order valence-electron chi connectivity index (χ2n) is 10.5. The van der Waals surface area contributed by atoms with E-state index >= 15 is 0 Å². The highest BCUT2D eigenvalue weighted by molar-refractivity contribution is 7.27. The first-order valence-electron chi connectivity index (χ1n) is 13.7. The molecule has 2 heteroatoms. The fourth-order valence-electron chi connectivity index (χ4n) is 6.63. The molecule has 0 aliphatic rings. The zero-order valence-electron chi connectivity index (χ0n) is 21.6. The summed E-state index contributed by atoms with van der Waals surface area (Å²) in [5.74, 6) is 0. The summed E-state index contributed by atoms with van der Waals surface area (Å²) in [5, 5.41) is 10.6. The molecule has 1 nitrogen and oxygen atoms in total. The summed E-state index contributed by atoms with van der Waals surface area (Å²) in [7, 11) is 0. The molecule has 0 fully saturated rings. The van der Waals surface area contributed by atoms with Crippen LogP contribution in [-0.4, -0.2) is 4.57 Å². The Morgan fingerprint density at radius 1 is 0.425 bits per heavy atom. The van der Waals surface area contributed by atoms with Gasteiger partial charge in [-0.1, -0.05) is 115 Å². The lowest BCUT2D eigenvalue weighted by Gasteiger charge is -2.13. The topological polar surface area (TPSA) is 4.93 Å². The van der Waals surface area contributed by atoms with Crippen LogP contribution in [0.1, 0.15) is 0 Å². The van der Waals surface area contributed by atoms with E-state index < -0.39 is 0 Å². The molecule has 0 atom stereocenters. The maximum atomic E-state index is 2.49. The summed E-state index contributed by atoms with van der Waals surface area (Å²) in [6.07, 6.45) is 0. The van der Waals surface area contributed by atoms with Crippen LogP contribution in [0.4, 0.5) is 0 Å². The molecule has 0 N–H and O–H groups in total. The number of rotatable bonds is 2. The van der Waals surface area contributed by atoms with Crippen LogP contribution in [-0.2, 0) is 0 Å². The van der Waals surface area contributed by atoms with Crippen LogP contribution in [0, 0.1) is 0 Å². The van der Waals surface area contributed by atoms with E-state index in [9.17, 15) is 0 Å². The third kappa shape index (κ3) is 2.97. The van der Waals surface area contributed by atoms with Crippen LogP contribution < -0.4 is 0 Å². The second kappa shape index (κ2) is 8.29. The van der Waals surface area contributed by atoms with Crippen molar-refractivity contribution < 1.29 is 0 Å². The van der Waals surface area contributed by atoms with Gasteiger partial charge < -0.3 is 4.57 Å². The average Bonchev–Trinajstić information content (AvgIpc) is 3.58. The van der Waals surface area contributed by atoms with Gasteiger partial charge in [0.05, 0.1) is 11.0 Å². The minimum absolute atomic E-state index is 1.18. The lowest BCUT2D eigenvalue weighted by Crippen LogP contribution is -1.95. The molecule has 0 spiro atoms. The van der Waals surface area contributed by atoms with E-state index in [0.717, 1.165) is 0 Å². The fourth-order valence-corrected chi connectivity index (χ4v) is 7.90. The molecular formula is C38H23NS. The molecule has 0 bridgehead atoms. The van der Waals surface area contributed by atoms with Crippen molar-refractivity contribution in [1.82, 2.24) is 4.57 Å². The predicted octanol–water partition coefficient (Wildman–Crippen LogP) is 11.1. The number of para-hydroxylation sites is 1. The average molecular weight is 526 g/mol. The van der Waals surface area contributed by atoms with Gasteiger partial charge in [-0.05, 0) is 46.2 Å². The number of thiophene rings is 1. The van der Waals surface area contributed by atoms with Gasteiger partial charge in [0, 0.05) is 47.4 Å². The summed E-state index contributed by atoms with van der Waals surface area (Å²) in [5.41, 5.74) is 6.17. The van der Waals surface area contributed by atoms with E-state index in [0.29, 0.717) is 0 Å². The van der Waals surface area contributed by atoms with Gasteiger partial charge in [-0.3, -0.25) is 0 Å². The quantitative estimate of drug-likeness (QED) is 0.198. The zero-order chi connectivity index (χ0) is 26.2. The van der Waals surface area contributed by atoms with Crippen LogP contribution in [0.25, 0.3) is 80.3 Å². The van der Waals surface area contributed by atoms with Crippen molar-refractivity contribution in [2.45, 2.75) is 0 Å². The Balaban J connectivity index is 1.50. The molecule has 0 amide bonds. The molecule has 7 aromatic carbocycles. The van der Waals surface area contributed by atoms with E-state index in [1.165, 1.54) is 80.3 Å². The Bertz CT molecular complexity index is 2410. The first-order valence-corrected chi connectivity index (χ1v) is 14.5. The van der Waals surface area contributed by atoms with Gasteiger partial charge in [0.25, 0.3) is 0 Å². The number of benzene rings is 7. The normalized spacial score (nSPS) is 12.0. The van der Waals surface area contributed by atoms with Crippen molar-refractivity contribution in [1.29, 1.82) is 0 Å². The van der Waals surface area contributed by atoms with Crippen LogP contribution in [0.5, 0.6) is 0 Å². The molecule has 40 heavy (non-hydrogen) atoms. The Morgan fingerprint density at radius 3 is 1.95 bits per heavy atom. The van der Waals surface area contributed by atoms with Crippen LogP contribution in [0.3, 0.4) is 0 Å². The molecular weight excluding hydrogens is 502 g/mol. The maximum Gasteiger partial charge on any atom is 0.0634 e. The third-order valence-corrected chi connectivity index (χ3v) is 9.55. The molecule has 2 heterocycles. The number of aromatic nitrogens is 1. The molecule has 0 unspecified atom stereocenters. The minimum Gasteiger partial charge on any atom is -0.309 e. The van der Waals surface area contributed by atoms with Crippen LogP contribution >= 0.6 is 11.3 Å². The lowest BCUT2D eigenvalue weighted by molar-refractivity contribution is 1.19. The lowest BCUT2D eigenvalue weighted by atomic mass is 9.95. The molecule has 9 rings (SSSR count). The highest BCUT2D eigenvalue weighted by Gasteiger charge is 2.22. The molecule has 186 valence electrons. The largest absolute Gasteiger partial charge is 0.309 e. The smallest absolute Gasteiger partial charge is 0.0634 e. The Kier molecular flexibility index (Phi) is 4.55. The van der Waals surface area contributed by atoms with Crippen molar-refractivity contribution >= 4 is 74.9 Å². The van der Waals surface area contributed by atoms with Gasteiger partial charge >= 0.3 is 0 Å². The zero-order valence-corrected chi connectivity index (χ0v) is 22.5. The van der Waals surface area contributed by atoms with Crippen molar-refractivity contribution in [2.75, 3.05) is 0 Å². The monoisotopic (exact) mass is 525 g/mol. The van der Waals surface area contributed by atoms with Gasteiger partial charge in [-0.25, -0.2) is 0 Å². The molecule has 0 aliphatic carbocycles. The Hall–Kier alpha value is -4.92. The van der Waals surface area contributed by atoms with Gasteiger partial charge in [0.2, 0.25) is 0 Å². The molecule has 0 radical (unpaired) electrons.